The molecule has 3 fully saturated rings. The Morgan fingerprint density at radius 1 is 1.29 bits per heavy atom. The van der Waals surface area contributed by atoms with Gasteiger partial charge in [-0.3, -0.25) is 4.79 Å². The summed E-state index contributed by atoms with van der Waals surface area (Å²) >= 11 is 0. The van der Waals surface area contributed by atoms with E-state index in [1.807, 2.05) is 13.0 Å². The van der Waals surface area contributed by atoms with Crippen LogP contribution in [0.3, 0.4) is 0 Å². The minimum atomic E-state index is -0.302. The van der Waals surface area contributed by atoms with Gasteiger partial charge in [-0.1, -0.05) is 12.1 Å². The van der Waals surface area contributed by atoms with Crippen LogP contribution in [0.15, 0.2) is 18.2 Å². The summed E-state index contributed by atoms with van der Waals surface area (Å²) in [5.74, 6) is 1.17. The molecule has 0 atom stereocenters. The number of carbonyl (C=O) groups excluding carboxylic acids is 1. The maximum absolute atomic E-state index is 13.0. The van der Waals surface area contributed by atoms with Gasteiger partial charge in [0, 0.05) is 6.54 Å². The summed E-state index contributed by atoms with van der Waals surface area (Å²) in [6, 6.07) is 6.19. The van der Waals surface area contributed by atoms with Gasteiger partial charge < -0.3 is 14.4 Å². The maximum atomic E-state index is 13.0. The molecule has 2 aliphatic heterocycles. The van der Waals surface area contributed by atoms with Crippen LogP contribution in [0.2, 0.25) is 0 Å². The van der Waals surface area contributed by atoms with Gasteiger partial charge in [0.1, 0.15) is 5.75 Å². The lowest BCUT2D eigenvalue weighted by molar-refractivity contribution is -0.201. The SMILES string of the molecule is COc1cc(C2(C(=O)N3CCC34COC4)CC2)ccc1C. The molecule has 3 aliphatic rings. The van der Waals surface area contributed by atoms with Gasteiger partial charge in [-0.2, -0.15) is 0 Å². The largest absolute Gasteiger partial charge is 0.496 e. The third-order valence-corrected chi connectivity index (χ3v) is 5.48. The molecule has 0 N–H and O–H groups in total. The monoisotopic (exact) mass is 287 g/mol. The Bertz CT molecular complexity index is 597. The average Bonchev–Trinajstić information content (AvgIpc) is 3.18. The molecule has 1 aromatic carbocycles. The Morgan fingerprint density at radius 2 is 2.05 bits per heavy atom. The van der Waals surface area contributed by atoms with Gasteiger partial charge in [-0.05, 0) is 43.4 Å². The van der Waals surface area contributed by atoms with Gasteiger partial charge in [0.25, 0.3) is 0 Å². The molecule has 112 valence electrons. The first-order valence-electron chi connectivity index (χ1n) is 7.66. The van der Waals surface area contributed by atoms with E-state index in [4.69, 9.17) is 9.47 Å². The average molecular weight is 287 g/mol. The normalized spacial score (nSPS) is 24.2. The zero-order valence-corrected chi connectivity index (χ0v) is 12.6. The molecule has 2 saturated heterocycles. The number of hydrogen-bond acceptors (Lipinski definition) is 3. The van der Waals surface area contributed by atoms with Crippen LogP contribution < -0.4 is 4.74 Å². The van der Waals surface area contributed by atoms with Gasteiger partial charge in [0.2, 0.25) is 5.91 Å². The molecule has 0 bridgehead atoms. The van der Waals surface area contributed by atoms with Crippen molar-refractivity contribution in [2.75, 3.05) is 26.9 Å². The summed E-state index contributed by atoms with van der Waals surface area (Å²) in [5, 5.41) is 0. The molecule has 4 heteroatoms. The molecule has 1 aromatic rings. The summed E-state index contributed by atoms with van der Waals surface area (Å²) in [5.41, 5.74) is 1.94. The zero-order chi connectivity index (χ0) is 14.7. The van der Waals surface area contributed by atoms with Crippen molar-refractivity contribution >= 4 is 5.91 Å². The fourth-order valence-electron chi connectivity index (χ4n) is 3.62. The van der Waals surface area contributed by atoms with Gasteiger partial charge in [0.05, 0.1) is 31.3 Å². The van der Waals surface area contributed by atoms with Crippen LogP contribution >= 0.6 is 0 Å². The van der Waals surface area contributed by atoms with E-state index in [9.17, 15) is 4.79 Å². The Kier molecular flexibility index (Phi) is 2.65. The second-order valence-corrected chi connectivity index (χ2v) is 6.69. The van der Waals surface area contributed by atoms with Crippen molar-refractivity contribution < 1.29 is 14.3 Å². The number of amides is 1. The fraction of sp³-hybridized carbons (Fsp3) is 0.588. The predicted molar refractivity (Wildman–Crippen MR) is 78.5 cm³/mol. The topological polar surface area (TPSA) is 38.8 Å². The molecule has 2 heterocycles. The smallest absolute Gasteiger partial charge is 0.233 e. The molecule has 0 aromatic heterocycles. The molecule has 4 rings (SSSR count). The van der Waals surface area contributed by atoms with Crippen LogP contribution in [0.1, 0.15) is 30.4 Å². The van der Waals surface area contributed by atoms with Crippen molar-refractivity contribution in [3.8, 4) is 5.75 Å². The highest BCUT2D eigenvalue weighted by Gasteiger charge is 2.61. The third kappa shape index (κ3) is 1.68. The van der Waals surface area contributed by atoms with E-state index in [2.05, 4.69) is 17.0 Å². The van der Waals surface area contributed by atoms with E-state index >= 15 is 0 Å². The molecule has 0 radical (unpaired) electrons. The Morgan fingerprint density at radius 3 is 2.52 bits per heavy atom. The number of methoxy groups -OCH3 is 1. The number of nitrogens with zero attached hydrogens (tertiary/aromatic N) is 1. The van der Waals surface area contributed by atoms with Crippen LogP contribution in [0.25, 0.3) is 0 Å². The van der Waals surface area contributed by atoms with E-state index < -0.39 is 0 Å². The first-order chi connectivity index (χ1) is 10.1. The minimum Gasteiger partial charge on any atom is -0.496 e. The van der Waals surface area contributed by atoms with Gasteiger partial charge in [0.15, 0.2) is 0 Å². The third-order valence-electron chi connectivity index (χ3n) is 5.48. The summed E-state index contributed by atoms with van der Waals surface area (Å²) in [6.45, 7) is 4.34. The molecule has 0 unspecified atom stereocenters. The summed E-state index contributed by atoms with van der Waals surface area (Å²) < 4.78 is 10.8. The number of likely N-dealkylation sites (tertiary alicyclic amines) is 1. The maximum Gasteiger partial charge on any atom is 0.233 e. The number of ether oxygens (including phenoxy) is 2. The molecule has 1 aliphatic carbocycles. The molecule has 4 nitrogen and oxygen atoms in total. The first kappa shape index (κ1) is 13.1. The van der Waals surface area contributed by atoms with Crippen LogP contribution in [0.5, 0.6) is 5.75 Å². The van der Waals surface area contributed by atoms with Crippen molar-refractivity contribution in [3.05, 3.63) is 29.3 Å². The van der Waals surface area contributed by atoms with Gasteiger partial charge >= 0.3 is 0 Å². The summed E-state index contributed by atoms with van der Waals surface area (Å²) in [6.07, 6.45) is 2.99. The van der Waals surface area contributed by atoms with Crippen LogP contribution in [0, 0.1) is 6.92 Å². The van der Waals surface area contributed by atoms with Crippen LogP contribution in [0.4, 0.5) is 0 Å². The van der Waals surface area contributed by atoms with E-state index in [-0.39, 0.29) is 11.0 Å². The van der Waals surface area contributed by atoms with Crippen molar-refractivity contribution in [1.82, 2.24) is 4.90 Å². The molecule has 21 heavy (non-hydrogen) atoms. The Balaban J connectivity index is 1.63. The minimum absolute atomic E-state index is 0.0292. The lowest BCUT2D eigenvalue weighted by Gasteiger charge is -2.58. The second kappa shape index (κ2) is 4.23. The Labute approximate surface area is 125 Å². The molecule has 1 amide bonds. The van der Waals surface area contributed by atoms with Gasteiger partial charge in [-0.15, -0.1) is 0 Å². The van der Waals surface area contributed by atoms with Crippen molar-refractivity contribution in [2.45, 2.75) is 37.1 Å². The molecular weight excluding hydrogens is 266 g/mol. The van der Waals surface area contributed by atoms with E-state index in [0.717, 1.165) is 42.7 Å². The molecule has 1 saturated carbocycles. The van der Waals surface area contributed by atoms with Crippen LogP contribution in [-0.4, -0.2) is 43.2 Å². The quantitative estimate of drug-likeness (QED) is 0.854. The summed E-state index contributed by atoms with van der Waals surface area (Å²) in [7, 11) is 1.68. The van der Waals surface area contributed by atoms with Crippen molar-refractivity contribution in [2.24, 2.45) is 0 Å². The van der Waals surface area contributed by atoms with Crippen molar-refractivity contribution in [1.29, 1.82) is 0 Å². The first-order valence-corrected chi connectivity index (χ1v) is 7.66. The Hall–Kier alpha value is -1.55. The second-order valence-electron chi connectivity index (χ2n) is 6.69. The van der Waals surface area contributed by atoms with E-state index in [0.29, 0.717) is 19.1 Å². The van der Waals surface area contributed by atoms with Gasteiger partial charge in [-0.25, -0.2) is 0 Å². The fourth-order valence-corrected chi connectivity index (χ4v) is 3.62. The highest BCUT2D eigenvalue weighted by Crippen LogP contribution is 2.53. The van der Waals surface area contributed by atoms with Crippen molar-refractivity contribution in [3.63, 3.8) is 0 Å². The van der Waals surface area contributed by atoms with Crippen LogP contribution in [-0.2, 0) is 14.9 Å². The standard InChI is InChI=1S/C17H21NO3/c1-12-3-4-13(9-14(12)20-2)17(5-6-17)15(19)18-8-7-16(18)10-21-11-16/h3-4,9H,5-8,10-11H2,1-2H3. The number of aryl methyl sites for hydroxylation is 1. The van der Waals surface area contributed by atoms with E-state index in [1.165, 1.54) is 0 Å². The number of benzene rings is 1. The van der Waals surface area contributed by atoms with E-state index in [1.54, 1.807) is 7.11 Å². The highest BCUT2D eigenvalue weighted by atomic mass is 16.5. The number of hydrogen-bond donors (Lipinski definition) is 0. The zero-order valence-electron chi connectivity index (χ0n) is 12.6. The summed E-state index contributed by atoms with van der Waals surface area (Å²) in [4.78, 5) is 15.1. The lowest BCUT2D eigenvalue weighted by Crippen LogP contribution is -2.73. The molecular formula is C17H21NO3. The number of rotatable bonds is 3. The lowest BCUT2D eigenvalue weighted by atomic mass is 9.80. The molecule has 1 spiro atoms. The predicted octanol–water partition coefficient (Wildman–Crippen LogP) is 2.04. The number of carbonyl (C=O) groups is 1. The highest BCUT2D eigenvalue weighted by molar-refractivity contribution is 5.92.